The number of aromatic nitrogens is 4. The van der Waals surface area contributed by atoms with Gasteiger partial charge in [-0.1, -0.05) is 30.3 Å². The van der Waals surface area contributed by atoms with Crippen molar-refractivity contribution in [3.8, 4) is 5.69 Å². The second kappa shape index (κ2) is 6.41. The van der Waals surface area contributed by atoms with Crippen LogP contribution >= 0.6 is 0 Å². The Hall–Kier alpha value is -3.00. The van der Waals surface area contributed by atoms with Gasteiger partial charge in [0.1, 0.15) is 6.33 Å². The van der Waals surface area contributed by atoms with Crippen LogP contribution in [-0.2, 0) is 10.0 Å². The van der Waals surface area contributed by atoms with Crippen molar-refractivity contribution in [3.63, 3.8) is 0 Å². The summed E-state index contributed by atoms with van der Waals surface area (Å²) in [5, 5.41) is 12.0. The van der Waals surface area contributed by atoms with Gasteiger partial charge in [0.25, 0.3) is 10.0 Å². The highest BCUT2D eigenvalue weighted by atomic mass is 32.2. The molecule has 0 aliphatic carbocycles. The minimum atomic E-state index is -3.58. The molecule has 0 aliphatic heterocycles. The van der Waals surface area contributed by atoms with E-state index in [-0.39, 0.29) is 0 Å². The van der Waals surface area contributed by atoms with Crippen LogP contribution < -0.4 is 4.72 Å². The van der Waals surface area contributed by atoms with Gasteiger partial charge in [-0.25, -0.2) is 13.1 Å². The SMILES string of the molecule is O=S(=O)(/C=C/c1ccccc1)Nc1ccc(-n2cnnn2)cc1. The molecule has 0 saturated heterocycles. The number of benzene rings is 2. The quantitative estimate of drug-likeness (QED) is 0.775. The van der Waals surface area contributed by atoms with Gasteiger partial charge in [-0.3, -0.25) is 4.72 Å². The molecule has 23 heavy (non-hydrogen) atoms. The highest BCUT2D eigenvalue weighted by molar-refractivity contribution is 7.95. The lowest BCUT2D eigenvalue weighted by molar-refractivity contribution is 0.609. The first-order valence-corrected chi connectivity index (χ1v) is 8.26. The minimum Gasteiger partial charge on any atom is -0.280 e. The lowest BCUT2D eigenvalue weighted by atomic mass is 10.2. The molecule has 0 unspecified atom stereocenters. The molecule has 0 fully saturated rings. The molecule has 1 N–H and O–H groups in total. The standard InChI is InChI=1S/C15H13N5O2S/c21-23(22,11-10-13-4-2-1-3-5-13)17-14-6-8-15(9-7-14)20-12-16-18-19-20/h1-12,17H/b11-10+. The molecule has 0 bridgehead atoms. The second-order valence-corrected chi connectivity index (χ2v) is 6.23. The third-order valence-corrected chi connectivity index (χ3v) is 3.99. The van der Waals surface area contributed by atoms with Gasteiger partial charge < -0.3 is 0 Å². The van der Waals surface area contributed by atoms with Crippen LogP contribution in [-0.4, -0.2) is 28.6 Å². The minimum absolute atomic E-state index is 0.458. The van der Waals surface area contributed by atoms with Crippen molar-refractivity contribution < 1.29 is 8.42 Å². The zero-order valence-electron chi connectivity index (χ0n) is 11.9. The molecular formula is C15H13N5O2S. The van der Waals surface area contributed by atoms with Crippen molar-refractivity contribution in [3.05, 3.63) is 71.9 Å². The van der Waals surface area contributed by atoms with Crippen LogP contribution in [0.4, 0.5) is 5.69 Å². The van der Waals surface area contributed by atoms with E-state index in [1.165, 1.54) is 17.1 Å². The van der Waals surface area contributed by atoms with Gasteiger partial charge >= 0.3 is 0 Å². The summed E-state index contributed by atoms with van der Waals surface area (Å²) in [7, 11) is -3.58. The summed E-state index contributed by atoms with van der Waals surface area (Å²) < 4.78 is 28.1. The first-order valence-electron chi connectivity index (χ1n) is 6.72. The van der Waals surface area contributed by atoms with Crippen molar-refractivity contribution >= 4 is 21.8 Å². The van der Waals surface area contributed by atoms with E-state index in [1.807, 2.05) is 30.3 Å². The number of hydrogen-bond donors (Lipinski definition) is 1. The molecule has 116 valence electrons. The van der Waals surface area contributed by atoms with Crippen molar-refractivity contribution in [1.82, 2.24) is 20.2 Å². The Bertz CT molecular complexity index is 889. The molecule has 0 amide bonds. The van der Waals surface area contributed by atoms with Gasteiger partial charge in [0.2, 0.25) is 0 Å². The van der Waals surface area contributed by atoms with Gasteiger partial charge in [0, 0.05) is 5.69 Å². The molecule has 0 aliphatic rings. The largest absolute Gasteiger partial charge is 0.280 e. The summed E-state index contributed by atoms with van der Waals surface area (Å²) in [5.74, 6) is 0. The molecule has 8 heteroatoms. The molecule has 1 aromatic heterocycles. The first kappa shape index (κ1) is 14.9. The maximum atomic E-state index is 12.1. The lowest BCUT2D eigenvalue weighted by Crippen LogP contribution is -2.08. The first-order chi connectivity index (χ1) is 11.1. The molecule has 7 nitrogen and oxygen atoms in total. The molecule has 0 saturated carbocycles. The van der Waals surface area contributed by atoms with Crippen LogP contribution in [0.15, 0.2) is 66.3 Å². The zero-order chi connectivity index (χ0) is 16.1. The normalized spacial score (nSPS) is 11.7. The Kier molecular flexibility index (Phi) is 4.15. The van der Waals surface area contributed by atoms with E-state index in [1.54, 1.807) is 24.3 Å². The van der Waals surface area contributed by atoms with Crippen molar-refractivity contribution in [2.24, 2.45) is 0 Å². The highest BCUT2D eigenvalue weighted by Crippen LogP contribution is 2.14. The average Bonchev–Trinajstić information content (AvgIpc) is 3.09. The van der Waals surface area contributed by atoms with Gasteiger partial charge in [-0.05, 0) is 46.3 Å². The molecule has 3 rings (SSSR count). The number of tetrazole rings is 1. The maximum absolute atomic E-state index is 12.1. The Labute approximate surface area is 133 Å². The smallest absolute Gasteiger partial charge is 0.255 e. The van der Waals surface area contributed by atoms with Crippen LogP contribution in [0.25, 0.3) is 11.8 Å². The summed E-state index contributed by atoms with van der Waals surface area (Å²) in [4.78, 5) is 0. The predicted molar refractivity (Wildman–Crippen MR) is 87.2 cm³/mol. The molecule has 1 heterocycles. The van der Waals surface area contributed by atoms with Gasteiger partial charge in [0.05, 0.1) is 11.1 Å². The van der Waals surface area contributed by atoms with E-state index in [2.05, 4.69) is 20.2 Å². The van der Waals surface area contributed by atoms with Gasteiger partial charge in [0.15, 0.2) is 0 Å². The number of hydrogen-bond acceptors (Lipinski definition) is 5. The molecule has 3 aromatic rings. The number of rotatable bonds is 5. The Morgan fingerprint density at radius 3 is 2.39 bits per heavy atom. The van der Waals surface area contributed by atoms with Crippen LogP contribution in [0, 0.1) is 0 Å². The molecule has 0 spiro atoms. The van der Waals surface area contributed by atoms with E-state index in [9.17, 15) is 8.42 Å². The topological polar surface area (TPSA) is 89.8 Å². The third kappa shape index (κ3) is 4.01. The van der Waals surface area contributed by atoms with E-state index in [0.717, 1.165) is 16.7 Å². The number of nitrogens with zero attached hydrogens (tertiary/aromatic N) is 4. The molecule has 0 radical (unpaired) electrons. The summed E-state index contributed by atoms with van der Waals surface area (Å²) in [6.45, 7) is 0. The monoisotopic (exact) mass is 327 g/mol. The summed E-state index contributed by atoms with van der Waals surface area (Å²) in [6, 6.07) is 15.9. The summed E-state index contributed by atoms with van der Waals surface area (Å²) in [5.41, 5.74) is 2.00. The zero-order valence-corrected chi connectivity index (χ0v) is 12.8. The fraction of sp³-hybridized carbons (Fsp3) is 0. The maximum Gasteiger partial charge on any atom is 0.255 e. The summed E-state index contributed by atoms with van der Waals surface area (Å²) in [6.07, 6.45) is 3.00. The number of sulfonamides is 1. The van der Waals surface area contributed by atoms with Crippen LogP contribution in [0.1, 0.15) is 5.56 Å². The highest BCUT2D eigenvalue weighted by Gasteiger charge is 2.06. The van der Waals surface area contributed by atoms with Crippen LogP contribution in [0.5, 0.6) is 0 Å². The fourth-order valence-corrected chi connectivity index (χ4v) is 2.76. The Balaban J connectivity index is 1.72. The average molecular weight is 327 g/mol. The number of nitrogens with one attached hydrogen (secondary N) is 1. The van der Waals surface area contributed by atoms with Crippen molar-refractivity contribution in [1.29, 1.82) is 0 Å². The van der Waals surface area contributed by atoms with Crippen molar-refractivity contribution in [2.75, 3.05) is 4.72 Å². The summed E-state index contributed by atoms with van der Waals surface area (Å²) >= 11 is 0. The van der Waals surface area contributed by atoms with E-state index in [0.29, 0.717) is 5.69 Å². The predicted octanol–water partition coefficient (Wildman–Crippen LogP) is 2.07. The lowest BCUT2D eigenvalue weighted by Gasteiger charge is -2.05. The Morgan fingerprint density at radius 1 is 1.00 bits per heavy atom. The molecular weight excluding hydrogens is 314 g/mol. The second-order valence-electron chi connectivity index (χ2n) is 4.66. The van der Waals surface area contributed by atoms with Crippen LogP contribution in [0.3, 0.4) is 0 Å². The third-order valence-electron chi connectivity index (χ3n) is 2.98. The Morgan fingerprint density at radius 2 is 1.74 bits per heavy atom. The molecule has 0 atom stereocenters. The molecule has 2 aromatic carbocycles. The van der Waals surface area contributed by atoms with E-state index in [4.69, 9.17) is 0 Å². The van der Waals surface area contributed by atoms with Crippen molar-refractivity contribution in [2.45, 2.75) is 0 Å². The van der Waals surface area contributed by atoms with Gasteiger partial charge in [-0.2, -0.15) is 0 Å². The van der Waals surface area contributed by atoms with E-state index < -0.39 is 10.0 Å². The number of anilines is 1. The van der Waals surface area contributed by atoms with Gasteiger partial charge in [-0.15, -0.1) is 5.10 Å². The fourth-order valence-electron chi connectivity index (χ4n) is 1.89. The van der Waals surface area contributed by atoms with Crippen LogP contribution in [0.2, 0.25) is 0 Å². The van der Waals surface area contributed by atoms with E-state index >= 15 is 0 Å².